The predicted molar refractivity (Wildman–Crippen MR) is 122 cm³/mol. The average molecular weight is 422 g/mol. The zero-order valence-corrected chi connectivity index (χ0v) is 17.4. The van der Waals surface area contributed by atoms with Crippen molar-refractivity contribution in [1.82, 2.24) is 19.9 Å². The molecule has 1 aliphatic carbocycles. The monoisotopic (exact) mass is 422 g/mol. The first-order chi connectivity index (χ1) is 15.7. The highest BCUT2D eigenvalue weighted by atomic mass is 16.1. The van der Waals surface area contributed by atoms with E-state index in [-0.39, 0.29) is 23.4 Å². The third kappa shape index (κ3) is 3.83. The molecule has 0 radical (unpaired) electrons. The van der Waals surface area contributed by atoms with Crippen molar-refractivity contribution >= 4 is 11.6 Å². The number of benzene rings is 2. The van der Waals surface area contributed by atoms with Gasteiger partial charge in [-0.15, -0.1) is 0 Å². The second-order valence-corrected chi connectivity index (χ2v) is 7.91. The van der Waals surface area contributed by atoms with Crippen molar-refractivity contribution in [3.63, 3.8) is 0 Å². The first-order valence-corrected chi connectivity index (χ1v) is 10.6. The molecule has 0 aliphatic heterocycles. The smallest absolute Gasteiger partial charge is 0.166 e. The molecule has 0 saturated heterocycles. The summed E-state index contributed by atoms with van der Waals surface area (Å²) in [4.78, 5) is 41.3. The fourth-order valence-electron chi connectivity index (χ4n) is 4.25. The number of H-pyrrole nitrogens is 2. The number of ketones is 2. The molecule has 2 aromatic carbocycles. The summed E-state index contributed by atoms with van der Waals surface area (Å²) < 4.78 is 0. The SMILES string of the molecule is O=C(c1ccc(-c2ncc[nH]2)cc1)C1CC=CCC1C(=O)c1ccc(-c2ncc[nH]2)cc1. The van der Waals surface area contributed by atoms with Crippen molar-refractivity contribution in [3.8, 4) is 22.8 Å². The summed E-state index contributed by atoms with van der Waals surface area (Å²) in [6.07, 6.45) is 12.1. The predicted octanol–water partition coefficient (Wildman–Crippen LogP) is 5.11. The number of aromatic amines is 2. The van der Waals surface area contributed by atoms with Crippen LogP contribution in [0.15, 0.2) is 85.5 Å². The summed E-state index contributed by atoms with van der Waals surface area (Å²) in [5, 5.41) is 0. The molecule has 0 fully saturated rings. The van der Waals surface area contributed by atoms with Crippen LogP contribution in [0, 0.1) is 11.8 Å². The lowest BCUT2D eigenvalue weighted by Gasteiger charge is -2.26. The van der Waals surface area contributed by atoms with Crippen LogP contribution in [0.25, 0.3) is 22.8 Å². The van der Waals surface area contributed by atoms with Gasteiger partial charge in [0, 0.05) is 58.9 Å². The Kier molecular flexibility index (Phi) is 5.34. The van der Waals surface area contributed by atoms with Gasteiger partial charge in [-0.2, -0.15) is 0 Å². The van der Waals surface area contributed by atoms with E-state index < -0.39 is 0 Å². The molecule has 2 N–H and O–H groups in total. The van der Waals surface area contributed by atoms with E-state index in [0.29, 0.717) is 24.0 Å². The van der Waals surface area contributed by atoms with Crippen molar-refractivity contribution in [2.75, 3.05) is 0 Å². The highest BCUT2D eigenvalue weighted by Crippen LogP contribution is 2.32. The van der Waals surface area contributed by atoms with Crippen LogP contribution in [-0.4, -0.2) is 31.5 Å². The Morgan fingerprint density at radius 3 is 1.41 bits per heavy atom. The first-order valence-electron chi connectivity index (χ1n) is 10.6. The summed E-state index contributed by atoms with van der Waals surface area (Å²) in [5.41, 5.74) is 3.07. The van der Waals surface area contributed by atoms with Gasteiger partial charge in [-0.25, -0.2) is 9.97 Å². The van der Waals surface area contributed by atoms with Crippen molar-refractivity contribution < 1.29 is 9.59 Å². The molecule has 0 amide bonds. The molecule has 2 aromatic heterocycles. The van der Waals surface area contributed by atoms with E-state index in [1.807, 2.05) is 60.7 Å². The van der Waals surface area contributed by atoms with E-state index in [1.165, 1.54) is 0 Å². The third-order valence-electron chi connectivity index (χ3n) is 5.99. The van der Waals surface area contributed by atoms with E-state index in [1.54, 1.807) is 24.8 Å². The number of carbonyl (C=O) groups is 2. The summed E-state index contributed by atoms with van der Waals surface area (Å²) in [6.45, 7) is 0. The molecular weight excluding hydrogens is 400 g/mol. The Morgan fingerprint density at radius 2 is 1.06 bits per heavy atom. The minimum atomic E-state index is -0.369. The van der Waals surface area contributed by atoms with Crippen molar-refractivity contribution in [2.24, 2.45) is 11.8 Å². The largest absolute Gasteiger partial charge is 0.345 e. The fourth-order valence-corrected chi connectivity index (χ4v) is 4.25. The lowest BCUT2D eigenvalue weighted by atomic mass is 9.75. The topological polar surface area (TPSA) is 91.5 Å². The summed E-state index contributed by atoms with van der Waals surface area (Å²) in [5.74, 6) is 0.793. The van der Waals surface area contributed by atoms with Gasteiger partial charge >= 0.3 is 0 Å². The third-order valence-corrected chi connectivity index (χ3v) is 5.99. The minimum absolute atomic E-state index is 0.00546. The average Bonchev–Trinajstić information content (AvgIpc) is 3.58. The molecule has 2 atom stereocenters. The lowest BCUT2D eigenvalue weighted by molar-refractivity contribution is 0.0761. The van der Waals surface area contributed by atoms with Gasteiger partial charge in [0.1, 0.15) is 11.6 Å². The molecule has 32 heavy (non-hydrogen) atoms. The maximum atomic E-state index is 13.3. The van der Waals surface area contributed by atoms with Crippen LogP contribution in [0.1, 0.15) is 33.6 Å². The minimum Gasteiger partial charge on any atom is -0.345 e. The zero-order valence-electron chi connectivity index (χ0n) is 17.4. The second-order valence-electron chi connectivity index (χ2n) is 7.91. The van der Waals surface area contributed by atoms with Gasteiger partial charge in [0.15, 0.2) is 11.6 Å². The van der Waals surface area contributed by atoms with Gasteiger partial charge in [-0.1, -0.05) is 60.7 Å². The van der Waals surface area contributed by atoms with E-state index in [4.69, 9.17) is 0 Å². The Bertz CT molecular complexity index is 1140. The van der Waals surface area contributed by atoms with Crippen molar-refractivity contribution in [1.29, 1.82) is 0 Å². The molecule has 2 heterocycles. The number of nitrogens with zero attached hydrogens (tertiary/aromatic N) is 2. The normalized spacial score (nSPS) is 17.9. The maximum Gasteiger partial charge on any atom is 0.166 e. The van der Waals surface area contributed by atoms with Gasteiger partial charge in [-0.3, -0.25) is 9.59 Å². The van der Waals surface area contributed by atoms with Crippen LogP contribution in [0.3, 0.4) is 0 Å². The maximum absolute atomic E-state index is 13.3. The molecule has 158 valence electrons. The van der Waals surface area contributed by atoms with Crippen LogP contribution < -0.4 is 0 Å². The zero-order chi connectivity index (χ0) is 21.9. The summed E-state index contributed by atoms with van der Waals surface area (Å²) in [7, 11) is 0. The summed E-state index contributed by atoms with van der Waals surface area (Å²) >= 11 is 0. The van der Waals surface area contributed by atoms with E-state index in [0.717, 1.165) is 22.8 Å². The van der Waals surface area contributed by atoms with Gasteiger partial charge in [0.2, 0.25) is 0 Å². The highest BCUT2D eigenvalue weighted by Gasteiger charge is 2.34. The Morgan fingerprint density at radius 1 is 0.656 bits per heavy atom. The number of imidazole rings is 2. The molecule has 2 unspecified atom stereocenters. The fraction of sp³-hybridized carbons (Fsp3) is 0.154. The van der Waals surface area contributed by atoms with E-state index >= 15 is 0 Å². The molecule has 1 aliphatic rings. The number of Topliss-reactive ketones (excluding diaryl/α,β-unsaturated/α-hetero) is 2. The van der Waals surface area contributed by atoms with Gasteiger partial charge in [0.25, 0.3) is 0 Å². The van der Waals surface area contributed by atoms with Gasteiger partial charge in [0.05, 0.1) is 0 Å². The molecule has 6 nitrogen and oxygen atoms in total. The van der Waals surface area contributed by atoms with Crippen LogP contribution >= 0.6 is 0 Å². The van der Waals surface area contributed by atoms with E-state index in [9.17, 15) is 9.59 Å². The number of allylic oxidation sites excluding steroid dienone is 2. The van der Waals surface area contributed by atoms with Crippen molar-refractivity contribution in [2.45, 2.75) is 12.8 Å². The Balaban J connectivity index is 1.36. The number of hydrogen-bond acceptors (Lipinski definition) is 4. The van der Waals surface area contributed by atoms with Crippen LogP contribution in [-0.2, 0) is 0 Å². The number of carbonyl (C=O) groups excluding carboxylic acids is 2. The van der Waals surface area contributed by atoms with Crippen LogP contribution in [0.2, 0.25) is 0 Å². The first kappa shape index (κ1) is 19.9. The quantitative estimate of drug-likeness (QED) is 0.333. The van der Waals surface area contributed by atoms with Gasteiger partial charge < -0.3 is 9.97 Å². The molecule has 4 aromatic rings. The standard InChI is InChI=1S/C26H22N4O2/c31-23(17-5-9-19(10-6-17)25-27-13-14-28-25)21-3-1-2-4-22(21)24(32)18-7-11-20(12-8-18)26-29-15-16-30-26/h1-2,5-16,21-22H,3-4H2,(H,27,28)(H,29,30). The highest BCUT2D eigenvalue weighted by molar-refractivity contribution is 6.05. The van der Waals surface area contributed by atoms with E-state index in [2.05, 4.69) is 19.9 Å². The van der Waals surface area contributed by atoms with Crippen LogP contribution in [0.4, 0.5) is 0 Å². The summed E-state index contributed by atoms with van der Waals surface area (Å²) in [6, 6.07) is 14.8. The second kappa shape index (κ2) is 8.59. The number of nitrogens with one attached hydrogen (secondary N) is 2. The number of rotatable bonds is 6. The molecule has 5 rings (SSSR count). The number of hydrogen-bond donors (Lipinski definition) is 2. The van der Waals surface area contributed by atoms with Gasteiger partial charge in [-0.05, 0) is 12.8 Å². The molecule has 6 heteroatoms. The Hall–Kier alpha value is -4.06. The van der Waals surface area contributed by atoms with Crippen molar-refractivity contribution in [3.05, 3.63) is 96.6 Å². The molecule has 0 spiro atoms. The number of aromatic nitrogens is 4. The molecular formula is C26H22N4O2. The Labute approximate surface area is 185 Å². The molecule has 0 bridgehead atoms. The molecule has 0 saturated carbocycles. The van der Waals surface area contributed by atoms with Crippen LogP contribution in [0.5, 0.6) is 0 Å². The lowest BCUT2D eigenvalue weighted by Crippen LogP contribution is -2.31.